The summed E-state index contributed by atoms with van der Waals surface area (Å²) < 4.78 is 0. The molecular formula is C65H84N8O4. The molecule has 0 radical (unpaired) electrons. The number of nitrogens with one attached hydrogen (secondary N) is 4. The summed E-state index contributed by atoms with van der Waals surface area (Å²) in [6.45, 7) is 17.8. The molecule has 2 heterocycles. The molecular weight excluding hydrogens is 957 g/mol. The van der Waals surface area contributed by atoms with E-state index in [9.17, 15) is 19.2 Å². The molecule has 0 bridgehead atoms. The summed E-state index contributed by atoms with van der Waals surface area (Å²) in [5.41, 5.74) is 15.5. The van der Waals surface area contributed by atoms with Gasteiger partial charge in [0.25, 0.3) is 22.9 Å². The Balaban J connectivity index is 1.16. The van der Waals surface area contributed by atoms with Crippen LogP contribution in [0.4, 0.5) is 11.4 Å². The van der Waals surface area contributed by atoms with Crippen LogP contribution in [0.15, 0.2) is 94.5 Å². The van der Waals surface area contributed by atoms with E-state index >= 15 is 0 Å². The van der Waals surface area contributed by atoms with Crippen molar-refractivity contribution in [1.29, 1.82) is 0 Å². The minimum atomic E-state index is -0.214. The van der Waals surface area contributed by atoms with Gasteiger partial charge in [0.2, 0.25) is 0 Å². The summed E-state index contributed by atoms with van der Waals surface area (Å²) in [5.74, 6) is -0.420. The zero-order valence-electron chi connectivity index (χ0n) is 48.0. The van der Waals surface area contributed by atoms with Crippen LogP contribution in [0, 0.1) is 48.5 Å². The van der Waals surface area contributed by atoms with E-state index in [1.165, 1.54) is 5.56 Å². The van der Waals surface area contributed by atoms with E-state index in [-0.39, 0.29) is 42.1 Å². The van der Waals surface area contributed by atoms with Crippen LogP contribution in [0.5, 0.6) is 0 Å². The van der Waals surface area contributed by atoms with Crippen molar-refractivity contribution in [3.05, 3.63) is 173 Å². The highest BCUT2D eigenvalue weighted by Crippen LogP contribution is 2.39. The van der Waals surface area contributed by atoms with Gasteiger partial charge in [-0.25, -0.2) is 0 Å². The maximum atomic E-state index is 14.5. The van der Waals surface area contributed by atoms with Crippen molar-refractivity contribution in [2.24, 2.45) is 0 Å². The third-order valence-corrected chi connectivity index (χ3v) is 17.0. The van der Waals surface area contributed by atoms with Crippen LogP contribution in [0.2, 0.25) is 0 Å². The molecule has 2 fully saturated rings. The third kappa shape index (κ3) is 13.2. The predicted molar refractivity (Wildman–Crippen MR) is 317 cm³/mol. The molecule has 4 N–H and O–H groups in total. The summed E-state index contributed by atoms with van der Waals surface area (Å²) in [4.78, 5) is 70.8. The fourth-order valence-corrected chi connectivity index (χ4v) is 12.3. The zero-order chi connectivity index (χ0) is 55.2. The smallest absolute Gasteiger partial charge is 0.253 e. The van der Waals surface area contributed by atoms with Crippen molar-refractivity contribution < 1.29 is 9.59 Å². The molecule has 12 nitrogen and oxygen atoms in total. The average Bonchev–Trinajstić information content (AvgIpc) is 3.42. The lowest BCUT2D eigenvalue weighted by Gasteiger charge is -2.41. The number of nitrogens with zero attached hydrogens (tertiary/aromatic N) is 4. The first-order chi connectivity index (χ1) is 36.8. The lowest BCUT2D eigenvalue weighted by molar-refractivity contribution is 0.0942. The molecule has 0 aliphatic heterocycles. The van der Waals surface area contributed by atoms with Crippen molar-refractivity contribution in [2.75, 3.05) is 51.1 Å². The van der Waals surface area contributed by atoms with Gasteiger partial charge < -0.3 is 40.2 Å². The first-order valence-electron chi connectivity index (χ1n) is 28.1. The van der Waals surface area contributed by atoms with Crippen LogP contribution in [0.3, 0.4) is 0 Å². The fourth-order valence-electron chi connectivity index (χ4n) is 12.3. The van der Waals surface area contributed by atoms with Crippen LogP contribution in [0.25, 0.3) is 22.3 Å². The van der Waals surface area contributed by atoms with Gasteiger partial charge in [0.05, 0.1) is 0 Å². The van der Waals surface area contributed by atoms with Gasteiger partial charge in [-0.2, -0.15) is 0 Å². The lowest BCUT2D eigenvalue weighted by atomic mass is 9.87. The number of aryl methyl sites for hydroxylation is 5. The Morgan fingerprint density at radius 1 is 0.519 bits per heavy atom. The van der Waals surface area contributed by atoms with Gasteiger partial charge in [-0.1, -0.05) is 54.1 Å². The Hall–Kier alpha value is -6.76. The number of aromatic amines is 2. The van der Waals surface area contributed by atoms with E-state index < -0.39 is 0 Å². The second-order valence-corrected chi connectivity index (χ2v) is 22.7. The molecule has 2 saturated carbocycles. The maximum absolute atomic E-state index is 14.5. The number of carbonyl (C=O) groups excluding carboxylic acids is 2. The number of H-pyrrole nitrogens is 2. The fraction of sp³-hybridized carbons (Fsp3) is 0.446. The highest BCUT2D eigenvalue weighted by atomic mass is 16.2. The van der Waals surface area contributed by atoms with Gasteiger partial charge in [0.15, 0.2) is 0 Å². The van der Waals surface area contributed by atoms with Crippen molar-refractivity contribution in [2.45, 2.75) is 150 Å². The Morgan fingerprint density at radius 2 is 0.961 bits per heavy atom. The van der Waals surface area contributed by atoms with Crippen molar-refractivity contribution in [1.82, 2.24) is 30.4 Å². The number of benzene rings is 4. The second kappa shape index (κ2) is 24.7. The number of hydrogen-bond donors (Lipinski definition) is 4. The van der Waals surface area contributed by atoms with E-state index in [0.717, 1.165) is 144 Å². The molecule has 0 saturated heterocycles. The third-order valence-electron chi connectivity index (χ3n) is 17.0. The van der Waals surface area contributed by atoms with E-state index in [1.54, 1.807) is 0 Å². The molecule has 408 valence electrons. The first-order valence-corrected chi connectivity index (χ1v) is 28.1. The maximum Gasteiger partial charge on any atom is 0.253 e. The number of pyridine rings is 2. The number of amides is 2. The van der Waals surface area contributed by atoms with E-state index in [4.69, 9.17) is 0 Å². The minimum Gasteiger partial charge on any atom is -0.369 e. The second-order valence-electron chi connectivity index (χ2n) is 22.7. The molecule has 0 spiro atoms. The van der Waals surface area contributed by atoms with Gasteiger partial charge in [-0.15, -0.1) is 0 Å². The Bertz CT molecular complexity index is 3190. The van der Waals surface area contributed by atoms with E-state index in [1.807, 2.05) is 52.0 Å². The van der Waals surface area contributed by atoms with Crippen molar-refractivity contribution >= 4 is 23.2 Å². The van der Waals surface area contributed by atoms with E-state index in [2.05, 4.69) is 157 Å². The SMILES string of the molecule is CCN(c1cc(-c2cccc(CCN(c3cc(-c4ccc(C)cc4)cc(C(=O)NCc4c(C)cc(C)[nH]c4=O)c3C)C3CCC(N(C)C)CC3)c2)cc(C(=O)NCc2c(C)cc(C)[nH]c2=O)c1C)C1CCC(N(C)C)CC1. The standard InChI is InChI=1S/C65H84N8O4/c1-13-72(54-25-21-52(22-26-54)70(9)10)60-37-51(35-57(45(60)7)63(75)67-39-59-42(4)32-44(6)69-65(59)77)49-16-14-15-47(33-49)29-30-73(55-27-23-53(24-28-55)71(11)12)61-36-50(48-19-17-40(2)18-20-48)34-56(46(61)8)62(74)66-38-58-41(3)31-43(5)68-64(58)76/h14-20,31-37,52-55H,13,21-30,38-39H2,1-12H3,(H,66,74)(H,67,75)(H,68,76)(H,69,77). The average molecular weight is 1040 g/mol. The number of anilines is 2. The Kier molecular flexibility index (Phi) is 18.1. The number of carbonyl (C=O) groups is 2. The molecule has 12 heteroatoms. The molecule has 0 unspecified atom stereocenters. The predicted octanol–water partition coefficient (Wildman–Crippen LogP) is 11.0. The summed E-state index contributed by atoms with van der Waals surface area (Å²) in [5, 5.41) is 6.28. The number of rotatable bonds is 18. The molecule has 4 aromatic carbocycles. The molecule has 6 aromatic rings. The summed E-state index contributed by atoms with van der Waals surface area (Å²) in [6.07, 6.45) is 9.36. The molecule has 2 amide bonds. The minimum absolute atomic E-state index is 0.121. The van der Waals surface area contributed by atoms with Gasteiger partial charge in [-0.05, 0) is 228 Å². The zero-order valence-corrected chi connectivity index (χ0v) is 48.0. The highest BCUT2D eigenvalue weighted by molar-refractivity contribution is 6.00. The van der Waals surface area contributed by atoms with Crippen LogP contribution in [0.1, 0.15) is 135 Å². The normalized spacial score (nSPS) is 17.6. The summed E-state index contributed by atoms with van der Waals surface area (Å²) in [6, 6.07) is 31.5. The topological polar surface area (TPSA) is 137 Å². The van der Waals surface area contributed by atoms with Crippen LogP contribution in [-0.4, -0.2) is 97.0 Å². The van der Waals surface area contributed by atoms with Crippen LogP contribution < -0.4 is 31.6 Å². The van der Waals surface area contributed by atoms with Crippen LogP contribution in [-0.2, 0) is 19.5 Å². The highest BCUT2D eigenvalue weighted by Gasteiger charge is 2.31. The first kappa shape index (κ1) is 56.4. The monoisotopic (exact) mass is 1040 g/mol. The molecule has 2 aliphatic carbocycles. The molecule has 8 rings (SSSR count). The molecule has 2 aromatic heterocycles. The Labute approximate surface area is 457 Å². The van der Waals surface area contributed by atoms with Crippen LogP contribution >= 0.6 is 0 Å². The lowest BCUT2D eigenvalue weighted by Crippen LogP contribution is -2.43. The van der Waals surface area contributed by atoms with Gasteiger partial charge in [-0.3, -0.25) is 19.2 Å². The molecule has 77 heavy (non-hydrogen) atoms. The van der Waals surface area contributed by atoms with E-state index in [0.29, 0.717) is 40.4 Å². The quantitative estimate of drug-likeness (QED) is 0.0668. The van der Waals surface area contributed by atoms with Gasteiger partial charge in [0.1, 0.15) is 0 Å². The Morgan fingerprint density at radius 3 is 1.42 bits per heavy atom. The van der Waals surface area contributed by atoms with Gasteiger partial charge >= 0.3 is 0 Å². The van der Waals surface area contributed by atoms with Crippen molar-refractivity contribution in [3.63, 3.8) is 0 Å². The van der Waals surface area contributed by atoms with Crippen molar-refractivity contribution in [3.8, 4) is 22.3 Å². The summed E-state index contributed by atoms with van der Waals surface area (Å²) >= 11 is 0. The number of hydrogen-bond acceptors (Lipinski definition) is 8. The largest absolute Gasteiger partial charge is 0.369 e. The van der Waals surface area contributed by atoms with Gasteiger partial charge in [0, 0.05) is 95.4 Å². The number of aromatic nitrogens is 2. The molecule has 0 atom stereocenters. The molecule has 2 aliphatic rings. The summed E-state index contributed by atoms with van der Waals surface area (Å²) in [7, 11) is 8.72.